The second kappa shape index (κ2) is 12.5. The summed E-state index contributed by atoms with van der Waals surface area (Å²) in [7, 11) is -0.221. The highest BCUT2D eigenvalue weighted by Crippen LogP contribution is 2.40. The Hall–Kier alpha value is -2.22. The molecule has 0 bridgehead atoms. The quantitative estimate of drug-likeness (QED) is 0.187. The van der Waals surface area contributed by atoms with Crippen molar-refractivity contribution in [2.24, 2.45) is 17.8 Å². The number of ketones is 1. The summed E-state index contributed by atoms with van der Waals surface area (Å²) in [5, 5.41) is 1.61. The van der Waals surface area contributed by atoms with E-state index in [9.17, 15) is 9.59 Å². The predicted molar refractivity (Wildman–Crippen MR) is 157 cm³/mol. The lowest BCUT2D eigenvalue weighted by Gasteiger charge is -2.40. The zero-order valence-corrected chi connectivity index (χ0v) is 25.7. The number of benzene rings is 1. The van der Waals surface area contributed by atoms with E-state index in [1.165, 1.54) is 11.5 Å². The van der Waals surface area contributed by atoms with Crippen LogP contribution in [0.2, 0.25) is 18.1 Å². The third-order valence-electron chi connectivity index (χ3n) is 9.16. The first-order valence-electron chi connectivity index (χ1n) is 14.7. The SMILES string of the molecule is COc1ccc(CON2CC([C@H]3C=C[C@H](O[Si](C)(C)C(C)(C)C)CC3)C=C(C(=O)C3CCCCC3)C2=O)cc1. The minimum Gasteiger partial charge on any atom is -0.497 e. The fourth-order valence-corrected chi connectivity index (χ4v) is 6.90. The molecule has 0 N–H and O–H groups in total. The van der Waals surface area contributed by atoms with Gasteiger partial charge in [-0.1, -0.05) is 70.4 Å². The minimum absolute atomic E-state index is 0.00127. The van der Waals surface area contributed by atoms with Gasteiger partial charge in [-0.15, -0.1) is 0 Å². The van der Waals surface area contributed by atoms with Crippen molar-refractivity contribution in [1.82, 2.24) is 5.06 Å². The van der Waals surface area contributed by atoms with Gasteiger partial charge in [0.05, 0.1) is 25.3 Å². The van der Waals surface area contributed by atoms with Crippen LogP contribution in [0.15, 0.2) is 48.1 Å². The summed E-state index contributed by atoms with van der Waals surface area (Å²) in [6.45, 7) is 12.1. The van der Waals surface area contributed by atoms with E-state index < -0.39 is 8.32 Å². The molecule has 0 spiro atoms. The number of hydrogen-bond donors (Lipinski definition) is 0. The number of ether oxygens (including phenoxy) is 1. The molecule has 0 aromatic heterocycles. The van der Waals surface area contributed by atoms with E-state index >= 15 is 0 Å². The lowest BCUT2D eigenvalue weighted by atomic mass is 9.78. The molecule has 1 aromatic carbocycles. The maximum atomic E-state index is 13.6. The molecule has 1 saturated carbocycles. The molecule has 0 radical (unpaired) electrons. The van der Waals surface area contributed by atoms with Crippen molar-refractivity contribution in [3.63, 3.8) is 0 Å². The molecule has 0 saturated heterocycles. The second-order valence-electron chi connectivity index (χ2n) is 13.0. The fraction of sp³-hybridized carbons (Fsp3) is 0.625. The number of hydrogen-bond acceptors (Lipinski definition) is 5. The molecule has 7 heteroatoms. The van der Waals surface area contributed by atoms with Gasteiger partial charge >= 0.3 is 0 Å². The van der Waals surface area contributed by atoms with Gasteiger partial charge in [0.2, 0.25) is 0 Å². The number of Topliss-reactive ketones (excluding diaryl/α,β-unsaturated/α-hetero) is 1. The van der Waals surface area contributed by atoms with Crippen LogP contribution < -0.4 is 4.74 Å². The second-order valence-corrected chi connectivity index (χ2v) is 17.7. The molecule has 39 heavy (non-hydrogen) atoms. The van der Waals surface area contributed by atoms with E-state index in [2.05, 4.69) is 46.0 Å². The molecular weight excluding hydrogens is 506 g/mol. The zero-order valence-electron chi connectivity index (χ0n) is 24.7. The maximum Gasteiger partial charge on any atom is 0.280 e. The van der Waals surface area contributed by atoms with Crippen LogP contribution in [-0.2, 0) is 25.5 Å². The number of rotatable bonds is 9. The van der Waals surface area contributed by atoms with Crippen LogP contribution in [0.5, 0.6) is 5.75 Å². The predicted octanol–water partition coefficient (Wildman–Crippen LogP) is 7.02. The highest BCUT2D eigenvalue weighted by atomic mass is 28.4. The van der Waals surface area contributed by atoms with E-state index in [-0.39, 0.29) is 47.2 Å². The van der Waals surface area contributed by atoms with Crippen molar-refractivity contribution in [2.45, 2.75) is 96.6 Å². The van der Waals surface area contributed by atoms with Gasteiger partial charge in [0, 0.05) is 11.8 Å². The number of hydroxylamine groups is 2. The summed E-state index contributed by atoms with van der Waals surface area (Å²) in [6.07, 6.45) is 13.5. The smallest absolute Gasteiger partial charge is 0.280 e. The average molecular weight is 554 g/mol. The van der Waals surface area contributed by atoms with Crippen LogP contribution in [0.1, 0.15) is 71.3 Å². The molecule has 1 aliphatic heterocycles. The number of allylic oxidation sites excluding steroid dienone is 1. The summed E-state index contributed by atoms with van der Waals surface area (Å²) < 4.78 is 11.9. The first kappa shape index (κ1) is 29.8. The molecule has 214 valence electrons. The summed E-state index contributed by atoms with van der Waals surface area (Å²) in [5.41, 5.74) is 1.26. The Bertz CT molecular complexity index is 1070. The van der Waals surface area contributed by atoms with Crippen molar-refractivity contribution in [1.29, 1.82) is 0 Å². The molecule has 3 atom stereocenters. The maximum absolute atomic E-state index is 13.6. The van der Waals surface area contributed by atoms with E-state index in [0.717, 1.165) is 49.8 Å². The minimum atomic E-state index is -1.86. The highest BCUT2D eigenvalue weighted by Gasteiger charge is 2.41. The lowest BCUT2D eigenvalue weighted by Crippen LogP contribution is -2.45. The average Bonchev–Trinajstić information content (AvgIpc) is 2.92. The summed E-state index contributed by atoms with van der Waals surface area (Å²) in [6, 6.07) is 7.63. The highest BCUT2D eigenvalue weighted by molar-refractivity contribution is 6.74. The van der Waals surface area contributed by atoms with Crippen molar-refractivity contribution in [3.8, 4) is 5.75 Å². The molecule has 4 rings (SSSR count). The zero-order chi connectivity index (χ0) is 28.2. The van der Waals surface area contributed by atoms with Crippen LogP contribution in [0, 0.1) is 17.8 Å². The van der Waals surface area contributed by atoms with Crippen molar-refractivity contribution >= 4 is 20.0 Å². The largest absolute Gasteiger partial charge is 0.497 e. The standard InChI is InChI=1S/C32H47NO5Si/c1-32(2,3)39(5,6)38-28-18-14-24(15-19-28)26-20-29(30(34)25-10-8-7-9-11-25)31(35)33(21-26)37-22-23-12-16-27(36-4)17-13-23/h12-14,16-18,20,24-26,28H,7-11,15,19,21-22H2,1-6H3/t24-,26?,28-/m0/s1. The molecule has 3 aliphatic rings. The van der Waals surface area contributed by atoms with E-state index in [1.54, 1.807) is 7.11 Å². The molecule has 1 unspecified atom stereocenters. The summed E-state index contributed by atoms with van der Waals surface area (Å²) >= 11 is 0. The fourth-order valence-electron chi connectivity index (χ4n) is 5.59. The molecule has 1 heterocycles. The molecular formula is C32H47NO5Si. The third kappa shape index (κ3) is 7.30. The number of methoxy groups -OCH3 is 1. The Kier molecular flexibility index (Phi) is 9.55. The Morgan fingerprint density at radius 1 is 0.974 bits per heavy atom. The van der Waals surface area contributed by atoms with E-state index in [1.807, 2.05) is 30.3 Å². The first-order chi connectivity index (χ1) is 18.5. The van der Waals surface area contributed by atoms with Crippen LogP contribution in [-0.4, -0.2) is 44.8 Å². The van der Waals surface area contributed by atoms with Gasteiger partial charge in [0.15, 0.2) is 14.1 Å². The lowest BCUT2D eigenvalue weighted by molar-refractivity contribution is -0.193. The molecule has 1 aromatic rings. The Morgan fingerprint density at radius 2 is 1.67 bits per heavy atom. The van der Waals surface area contributed by atoms with Crippen LogP contribution in [0.4, 0.5) is 0 Å². The number of nitrogens with zero attached hydrogens (tertiary/aromatic N) is 1. The molecule has 1 fully saturated rings. The van der Waals surface area contributed by atoms with Gasteiger partial charge in [-0.2, -0.15) is 0 Å². The normalized spacial score (nSPS) is 25.0. The van der Waals surface area contributed by atoms with Crippen LogP contribution in [0.3, 0.4) is 0 Å². The number of carbonyl (C=O) groups is 2. The Balaban J connectivity index is 1.50. The van der Waals surface area contributed by atoms with E-state index in [4.69, 9.17) is 14.0 Å². The van der Waals surface area contributed by atoms with Gasteiger partial charge in [0.25, 0.3) is 5.91 Å². The summed E-state index contributed by atoms with van der Waals surface area (Å²) in [5.74, 6) is 0.692. The van der Waals surface area contributed by atoms with E-state index in [0.29, 0.717) is 12.1 Å². The van der Waals surface area contributed by atoms with Crippen LogP contribution in [0.25, 0.3) is 0 Å². The molecule has 1 amide bonds. The first-order valence-corrected chi connectivity index (χ1v) is 17.6. The van der Waals surface area contributed by atoms with Crippen molar-refractivity contribution in [3.05, 3.63) is 53.6 Å². The van der Waals surface area contributed by atoms with Crippen molar-refractivity contribution < 1.29 is 23.6 Å². The molecule has 6 nitrogen and oxygen atoms in total. The third-order valence-corrected chi connectivity index (χ3v) is 13.7. The Labute approximate surface area is 235 Å². The van der Waals surface area contributed by atoms with Gasteiger partial charge < -0.3 is 9.16 Å². The number of carbonyl (C=O) groups excluding carboxylic acids is 2. The summed E-state index contributed by atoms with van der Waals surface area (Å²) in [4.78, 5) is 33.2. The van der Waals surface area contributed by atoms with Gasteiger partial charge in [-0.3, -0.25) is 14.4 Å². The van der Waals surface area contributed by atoms with Gasteiger partial charge in [-0.25, -0.2) is 5.06 Å². The monoisotopic (exact) mass is 553 g/mol. The Morgan fingerprint density at radius 3 is 2.26 bits per heavy atom. The topological polar surface area (TPSA) is 65.1 Å². The number of amides is 1. The van der Waals surface area contributed by atoms with Gasteiger partial charge in [-0.05, 0) is 67.4 Å². The van der Waals surface area contributed by atoms with Gasteiger partial charge in [0.1, 0.15) is 12.4 Å². The van der Waals surface area contributed by atoms with Crippen molar-refractivity contribution in [2.75, 3.05) is 13.7 Å². The molecule has 2 aliphatic carbocycles. The van der Waals surface area contributed by atoms with Crippen LogP contribution >= 0.6 is 0 Å².